The average molecular weight is 320 g/mol. The number of rotatable bonds is 5. The summed E-state index contributed by atoms with van der Waals surface area (Å²) >= 11 is 2.14. The van der Waals surface area contributed by atoms with Gasteiger partial charge in [-0.2, -0.15) is 11.8 Å². The first kappa shape index (κ1) is 16.2. The standard InChI is InChI=1S/C19H29NOS/c1-21-19-6-2-4-16(14-19)7-8-17-5-3-11-20(15-17)18-9-12-22-13-10-18/h2,4,6,14,17-18H,3,5,7-13,15H2,1H3/t17-/m0/s1. The topological polar surface area (TPSA) is 12.5 Å². The van der Waals surface area contributed by atoms with Crippen LogP contribution in [0.3, 0.4) is 0 Å². The summed E-state index contributed by atoms with van der Waals surface area (Å²) < 4.78 is 5.33. The van der Waals surface area contributed by atoms with Crippen LogP contribution in [0.15, 0.2) is 24.3 Å². The van der Waals surface area contributed by atoms with E-state index in [4.69, 9.17) is 4.74 Å². The van der Waals surface area contributed by atoms with E-state index in [0.29, 0.717) is 0 Å². The minimum Gasteiger partial charge on any atom is -0.497 e. The number of hydrogen-bond donors (Lipinski definition) is 0. The van der Waals surface area contributed by atoms with E-state index in [0.717, 1.165) is 17.7 Å². The lowest BCUT2D eigenvalue weighted by Crippen LogP contribution is -2.44. The van der Waals surface area contributed by atoms with Gasteiger partial charge in [0, 0.05) is 12.6 Å². The van der Waals surface area contributed by atoms with Crippen molar-refractivity contribution in [3.63, 3.8) is 0 Å². The van der Waals surface area contributed by atoms with E-state index in [1.807, 2.05) is 6.07 Å². The van der Waals surface area contributed by atoms with Crippen LogP contribution in [0.1, 0.15) is 37.7 Å². The van der Waals surface area contributed by atoms with Crippen LogP contribution in [0.2, 0.25) is 0 Å². The zero-order chi connectivity index (χ0) is 15.2. The Morgan fingerprint density at radius 2 is 2.09 bits per heavy atom. The molecule has 122 valence electrons. The summed E-state index contributed by atoms with van der Waals surface area (Å²) in [5.74, 6) is 4.61. The van der Waals surface area contributed by atoms with Gasteiger partial charge in [0.25, 0.3) is 0 Å². The van der Waals surface area contributed by atoms with Crippen molar-refractivity contribution in [2.24, 2.45) is 5.92 Å². The van der Waals surface area contributed by atoms with Crippen LogP contribution in [0.25, 0.3) is 0 Å². The fraction of sp³-hybridized carbons (Fsp3) is 0.684. The monoisotopic (exact) mass is 319 g/mol. The van der Waals surface area contributed by atoms with E-state index >= 15 is 0 Å². The second-order valence-electron chi connectivity index (χ2n) is 6.74. The molecule has 1 aromatic carbocycles. The van der Waals surface area contributed by atoms with Gasteiger partial charge in [0.1, 0.15) is 5.75 Å². The second-order valence-corrected chi connectivity index (χ2v) is 7.96. The molecule has 1 aromatic rings. The molecule has 2 fully saturated rings. The van der Waals surface area contributed by atoms with Gasteiger partial charge in [0.15, 0.2) is 0 Å². The van der Waals surface area contributed by atoms with Crippen LogP contribution < -0.4 is 4.74 Å². The lowest BCUT2D eigenvalue weighted by Gasteiger charge is -2.40. The zero-order valence-corrected chi connectivity index (χ0v) is 14.6. The van der Waals surface area contributed by atoms with Crippen LogP contribution in [-0.2, 0) is 6.42 Å². The molecule has 2 saturated heterocycles. The molecule has 0 unspecified atom stereocenters. The summed E-state index contributed by atoms with van der Waals surface area (Å²) in [4.78, 5) is 2.81. The highest BCUT2D eigenvalue weighted by Crippen LogP contribution is 2.28. The third-order valence-corrected chi connectivity index (χ3v) is 6.28. The molecule has 2 heterocycles. The summed E-state index contributed by atoms with van der Waals surface area (Å²) in [6.07, 6.45) is 8.15. The van der Waals surface area contributed by atoms with Gasteiger partial charge < -0.3 is 9.64 Å². The number of methoxy groups -OCH3 is 1. The molecule has 22 heavy (non-hydrogen) atoms. The maximum absolute atomic E-state index is 5.33. The molecule has 0 radical (unpaired) electrons. The van der Waals surface area contributed by atoms with Crippen molar-refractivity contribution < 1.29 is 4.74 Å². The SMILES string of the molecule is COc1cccc(CC[C@@H]2CCCN(C3CCSCC3)C2)c1. The van der Waals surface area contributed by atoms with Crippen molar-refractivity contribution in [3.8, 4) is 5.75 Å². The quantitative estimate of drug-likeness (QED) is 0.805. The second kappa shape index (κ2) is 8.26. The van der Waals surface area contributed by atoms with Gasteiger partial charge in [0.2, 0.25) is 0 Å². The predicted octanol–water partition coefficient (Wildman–Crippen LogP) is 4.24. The maximum atomic E-state index is 5.33. The smallest absolute Gasteiger partial charge is 0.119 e. The van der Waals surface area contributed by atoms with Crippen LogP contribution >= 0.6 is 11.8 Å². The largest absolute Gasteiger partial charge is 0.497 e. The first-order valence-corrected chi connectivity index (χ1v) is 9.95. The summed E-state index contributed by atoms with van der Waals surface area (Å²) in [5.41, 5.74) is 1.42. The molecule has 0 bridgehead atoms. The number of benzene rings is 1. The number of hydrogen-bond acceptors (Lipinski definition) is 3. The third kappa shape index (κ3) is 4.42. The molecule has 0 spiro atoms. The highest BCUT2D eigenvalue weighted by Gasteiger charge is 2.26. The van der Waals surface area contributed by atoms with Gasteiger partial charge in [-0.05, 0) is 80.2 Å². The Morgan fingerprint density at radius 1 is 1.23 bits per heavy atom. The number of thioether (sulfide) groups is 1. The minimum atomic E-state index is 0.876. The van der Waals surface area contributed by atoms with E-state index in [9.17, 15) is 0 Å². The summed E-state index contributed by atoms with van der Waals surface area (Å²) in [6, 6.07) is 9.45. The van der Waals surface area contributed by atoms with Crippen molar-refractivity contribution in [1.29, 1.82) is 0 Å². The molecule has 2 nitrogen and oxygen atoms in total. The van der Waals surface area contributed by atoms with Gasteiger partial charge in [-0.1, -0.05) is 12.1 Å². The molecule has 1 atom stereocenters. The van der Waals surface area contributed by atoms with Crippen molar-refractivity contribution in [2.75, 3.05) is 31.7 Å². The number of likely N-dealkylation sites (tertiary alicyclic amines) is 1. The fourth-order valence-electron chi connectivity index (χ4n) is 3.91. The highest BCUT2D eigenvalue weighted by atomic mass is 32.2. The molecule has 3 rings (SSSR count). The van der Waals surface area contributed by atoms with E-state index in [1.54, 1.807) is 7.11 Å². The molecule has 0 aromatic heterocycles. The molecule has 0 aliphatic carbocycles. The molecule has 0 N–H and O–H groups in total. The van der Waals surface area contributed by atoms with E-state index in [1.165, 1.54) is 68.7 Å². The normalized spacial score (nSPS) is 24.3. The van der Waals surface area contributed by atoms with Crippen LogP contribution in [-0.4, -0.2) is 42.6 Å². The summed E-state index contributed by atoms with van der Waals surface area (Å²) in [7, 11) is 1.75. The molecule has 0 amide bonds. The molecule has 2 aliphatic heterocycles. The molecule has 2 aliphatic rings. The van der Waals surface area contributed by atoms with Gasteiger partial charge in [-0.3, -0.25) is 0 Å². The average Bonchev–Trinajstić information content (AvgIpc) is 2.61. The number of aryl methyl sites for hydroxylation is 1. The highest BCUT2D eigenvalue weighted by molar-refractivity contribution is 7.99. The third-order valence-electron chi connectivity index (χ3n) is 5.23. The van der Waals surface area contributed by atoms with Crippen LogP contribution in [0.5, 0.6) is 5.75 Å². The van der Waals surface area contributed by atoms with Crippen molar-refractivity contribution in [1.82, 2.24) is 4.90 Å². The van der Waals surface area contributed by atoms with Gasteiger partial charge in [0.05, 0.1) is 7.11 Å². The Labute approximate surface area is 139 Å². The lowest BCUT2D eigenvalue weighted by molar-refractivity contribution is 0.113. The van der Waals surface area contributed by atoms with Crippen molar-refractivity contribution >= 4 is 11.8 Å². The number of nitrogens with zero attached hydrogens (tertiary/aromatic N) is 1. The van der Waals surface area contributed by atoms with Crippen molar-refractivity contribution in [2.45, 2.75) is 44.6 Å². The van der Waals surface area contributed by atoms with E-state index in [2.05, 4.69) is 34.9 Å². The van der Waals surface area contributed by atoms with Gasteiger partial charge in [-0.15, -0.1) is 0 Å². The summed E-state index contributed by atoms with van der Waals surface area (Å²) in [6.45, 7) is 2.67. The Bertz CT molecular complexity index is 459. The predicted molar refractivity (Wildman–Crippen MR) is 96.0 cm³/mol. The number of piperidine rings is 1. The number of ether oxygens (including phenoxy) is 1. The molecule has 0 saturated carbocycles. The molecular weight excluding hydrogens is 290 g/mol. The Balaban J connectivity index is 1.49. The molecule has 3 heteroatoms. The lowest BCUT2D eigenvalue weighted by atomic mass is 9.90. The van der Waals surface area contributed by atoms with Crippen molar-refractivity contribution in [3.05, 3.63) is 29.8 Å². The minimum absolute atomic E-state index is 0.876. The fourth-order valence-corrected chi connectivity index (χ4v) is 5.00. The Morgan fingerprint density at radius 3 is 2.91 bits per heavy atom. The van der Waals surface area contributed by atoms with Crippen LogP contribution in [0.4, 0.5) is 0 Å². The first-order valence-electron chi connectivity index (χ1n) is 8.80. The Hall–Kier alpha value is -0.670. The molecular formula is C19H29NOS. The first-order chi connectivity index (χ1) is 10.8. The van der Waals surface area contributed by atoms with Gasteiger partial charge >= 0.3 is 0 Å². The van der Waals surface area contributed by atoms with E-state index < -0.39 is 0 Å². The Kier molecular flexibility index (Phi) is 6.08. The maximum Gasteiger partial charge on any atom is 0.119 e. The van der Waals surface area contributed by atoms with Crippen LogP contribution in [0, 0.1) is 5.92 Å². The van der Waals surface area contributed by atoms with E-state index in [-0.39, 0.29) is 0 Å². The zero-order valence-electron chi connectivity index (χ0n) is 13.8. The summed E-state index contributed by atoms with van der Waals surface area (Å²) in [5, 5.41) is 0. The van der Waals surface area contributed by atoms with Gasteiger partial charge in [-0.25, -0.2) is 0 Å².